The summed E-state index contributed by atoms with van der Waals surface area (Å²) in [6.07, 6.45) is 9.08. The monoisotopic (exact) mass is 577 g/mol. The second kappa shape index (κ2) is 10.3. The zero-order valence-electron chi connectivity index (χ0n) is 21.1. The molecule has 8 heteroatoms. The first kappa shape index (κ1) is 25.3. The van der Waals surface area contributed by atoms with E-state index in [1.807, 2.05) is 66.7 Å². The molecule has 0 radical (unpaired) electrons. The van der Waals surface area contributed by atoms with Crippen LogP contribution in [0.1, 0.15) is 37.7 Å². The van der Waals surface area contributed by atoms with Crippen LogP contribution in [0.25, 0.3) is 0 Å². The molecule has 3 amide bonds. The smallest absolute Gasteiger partial charge is 0.246 e. The molecule has 0 aromatic heterocycles. The molecule has 198 valence electrons. The second-order valence-electron chi connectivity index (χ2n) is 10.8. The number of halogens is 1. The molecule has 1 spiro atoms. The van der Waals surface area contributed by atoms with Gasteiger partial charge in [0.1, 0.15) is 11.6 Å². The van der Waals surface area contributed by atoms with E-state index >= 15 is 0 Å². The van der Waals surface area contributed by atoms with Crippen molar-refractivity contribution in [2.45, 2.75) is 62.3 Å². The number of anilines is 1. The van der Waals surface area contributed by atoms with Crippen molar-refractivity contribution in [1.29, 1.82) is 0 Å². The standard InChI is InChI=1S/C30H32BrN3O4/c31-20-11-13-22(14-12-20)32-27(35)24-23-15-17-30(38-23)25(24)29(37)34(18-16-19-7-3-1-4-8-19)26(30)28(36)33-21-9-5-2-6-10-21/h1,3-4,7-8,11-15,17,21,23-26H,2,5-6,9-10,16,18H2,(H,32,35)(H,33,36)/t23-,24+,25-,26-,30-/m0/s1. The molecule has 4 aliphatic rings. The Bertz CT molecular complexity index is 1240. The summed E-state index contributed by atoms with van der Waals surface area (Å²) < 4.78 is 7.36. The van der Waals surface area contributed by atoms with E-state index in [-0.39, 0.29) is 23.8 Å². The Labute approximate surface area is 231 Å². The van der Waals surface area contributed by atoms with Crippen molar-refractivity contribution in [3.63, 3.8) is 0 Å². The fraction of sp³-hybridized carbons (Fsp3) is 0.433. The van der Waals surface area contributed by atoms with Crippen LogP contribution >= 0.6 is 15.9 Å². The van der Waals surface area contributed by atoms with Gasteiger partial charge in [0, 0.05) is 22.7 Å². The van der Waals surface area contributed by atoms with E-state index in [1.165, 1.54) is 6.42 Å². The summed E-state index contributed by atoms with van der Waals surface area (Å²) in [5.41, 5.74) is 0.599. The average molecular weight is 579 g/mol. The number of hydrogen-bond acceptors (Lipinski definition) is 4. The Hall–Kier alpha value is -2.97. The van der Waals surface area contributed by atoms with Gasteiger partial charge in [0.15, 0.2) is 0 Å². The maximum atomic E-state index is 14.1. The topological polar surface area (TPSA) is 87.7 Å². The van der Waals surface area contributed by atoms with Crippen LogP contribution in [0, 0.1) is 11.8 Å². The average Bonchev–Trinajstić information content (AvgIpc) is 3.57. The summed E-state index contributed by atoms with van der Waals surface area (Å²) in [4.78, 5) is 43.2. The molecule has 1 aliphatic carbocycles. The van der Waals surface area contributed by atoms with Crippen LogP contribution < -0.4 is 10.6 Å². The number of ether oxygens (including phenoxy) is 1. The van der Waals surface area contributed by atoms with Gasteiger partial charge in [-0.15, -0.1) is 0 Å². The van der Waals surface area contributed by atoms with Crippen molar-refractivity contribution in [1.82, 2.24) is 10.2 Å². The molecule has 5 atom stereocenters. The normalized spacial score (nSPS) is 29.9. The van der Waals surface area contributed by atoms with Crippen LogP contribution in [0.4, 0.5) is 5.69 Å². The number of nitrogens with zero attached hydrogens (tertiary/aromatic N) is 1. The fourth-order valence-electron chi connectivity index (χ4n) is 6.69. The molecule has 2 bridgehead atoms. The number of nitrogens with one attached hydrogen (secondary N) is 2. The minimum Gasteiger partial charge on any atom is -0.359 e. The van der Waals surface area contributed by atoms with Crippen molar-refractivity contribution < 1.29 is 19.1 Å². The van der Waals surface area contributed by atoms with Crippen LogP contribution in [-0.4, -0.2) is 53.0 Å². The number of hydrogen-bond donors (Lipinski definition) is 2. The first-order valence-electron chi connectivity index (χ1n) is 13.5. The predicted octanol–water partition coefficient (Wildman–Crippen LogP) is 4.23. The lowest BCUT2D eigenvalue weighted by atomic mass is 9.74. The molecule has 2 saturated heterocycles. The third-order valence-electron chi connectivity index (χ3n) is 8.47. The molecule has 3 heterocycles. The Morgan fingerprint density at radius 1 is 1.00 bits per heavy atom. The van der Waals surface area contributed by atoms with E-state index in [9.17, 15) is 14.4 Å². The van der Waals surface area contributed by atoms with Crippen molar-refractivity contribution >= 4 is 39.3 Å². The highest BCUT2D eigenvalue weighted by Crippen LogP contribution is 2.55. The van der Waals surface area contributed by atoms with E-state index < -0.39 is 29.6 Å². The lowest BCUT2D eigenvalue weighted by Crippen LogP contribution is -2.56. The molecule has 2 N–H and O–H groups in total. The summed E-state index contributed by atoms with van der Waals surface area (Å²) in [7, 11) is 0. The number of carbonyl (C=O) groups is 3. The first-order valence-corrected chi connectivity index (χ1v) is 14.3. The Balaban J connectivity index is 1.29. The lowest BCUT2D eigenvalue weighted by molar-refractivity contribution is -0.141. The predicted molar refractivity (Wildman–Crippen MR) is 147 cm³/mol. The molecule has 1 saturated carbocycles. The van der Waals surface area contributed by atoms with E-state index in [0.717, 1.165) is 35.7 Å². The van der Waals surface area contributed by atoms with Crippen LogP contribution in [0.5, 0.6) is 0 Å². The van der Waals surface area contributed by atoms with Gasteiger partial charge in [0.2, 0.25) is 17.7 Å². The van der Waals surface area contributed by atoms with Crippen LogP contribution in [0.2, 0.25) is 0 Å². The van der Waals surface area contributed by atoms with Gasteiger partial charge in [0.25, 0.3) is 0 Å². The number of rotatable bonds is 7. The Kier molecular flexibility index (Phi) is 6.86. The zero-order chi connectivity index (χ0) is 26.3. The number of likely N-dealkylation sites (tertiary alicyclic amines) is 1. The van der Waals surface area contributed by atoms with E-state index in [2.05, 4.69) is 26.6 Å². The summed E-state index contributed by atoms with van der Waals surface area (Å²) in [5.74, 6) is -2.08. The maximum Gasteiger partial charge on any atom is 0.246 e. The zero-order valence-corrected chi connectivity index (χ0v) is 22.7. The number of benzene rings is 2. The minimum atomic E-state index is -1.14. The van der Waals surface area contributed by atoms with Gasteiger partial charge >= 0.3 is 0 Å². The molecule has 3 aliphatic heterocycles. The lowest BCUT2D eigenvalue weighted by Gasteiger charge is -2.34. The number of amides is 3. The van der Waals surface area contributed by atoms with Gasteiger partial charge in [-0.2, -0.15) is 0 Å². The summed E-state index contributed by atoms with van der Waals surface area (Å²) in [6.45, 7) is 0.382. The second-order valence-corrected chi connectivity index (χ2v) is 11.7. The summed E-state index contributed by atoms with van der Waals surface area (Å²) >= 11 is 3.41. The molecular weight excluding hydrogens is 546 g/mol. The Morgan fingerprint density at radius 2 is 1.74 bits per heavy atom. The highest BCUT2D eigenvalue weighted by Gasteiger charge is 2.72. The molecule has 0 unspecified atom stereocenters. The highest BCUT2D eigenvalue weighted by atomic mass is 79.9. The summed E-state index contributed by atoms with van der Waals surface area (Å²) in [5, 5.41) is 6.20. The fourth-order valence-corrected chi connectivity index (χ4v) is 6.95. The molecule has 3 fully saturated rings. The highest BCUT2D eigenvalue weighted by molar-refractivity contribution is 9.10. The third kappa shape index (κ3) is 4.47. The van der Waals surface area contributed by atoms with Gasteiger partial charge in [-0.05, 0) is 49.1 Å². The molecule has 6 rings (SSSR count). The van der Waals surface area contributed by atoms with Gasteiger partial charge < -0.3 is 20.3 Å². The van der Waals surface area contributed by atoms with Crippen molar-refractivity contribution in [2.24, 2.45) is 11.8 Å². The number of carbonyl (C=O) groups excluding carboxylic acids is 3. The van der Waals surface area contributed by atoms with Gasteiger partial charge in [0.05, 0.1) is 17.9 Å². The van der Waals surface area contributed by atoms with Crippen molar-refractivity contribution in [3.05, 3.63) is 76.8 Å². The van der Waals surface area contributed by atoms with Gasteiger partial charge in [-0.3, -0.25) is 14.4 Å². The molecule has 2 aromatic carbocycles. The van der Waals surface area contributed by atoms with E-state index in [0.29, 0.717) is 18.7 Å². The third-order valence-corrected chi connectivity index (χ3v) is 9.00. The van der Waals surface area contributed by atoms with Gasteiger partial charge in [-0.25, -0.2) is 0 Å². The van der Waals surface area contributed by atoms with Gasteiger partial charge in [-0.1, -0.05) is 77.7 Å². The van der Waals surface area contributed by atoms with Crippen LogP contribution in [0.3, 0.4) is 0 Å². The van der Waals surface area contributed by atoms with Crippen LogP contribution in [-0.2, 0) is 25.5 Å². The number of fused-ring (bicyclic) bond motifs is 1. The minimum absolute atomic E-state index is 0.108. The first-order chi connectivity index (χ1) is 18.5. The quantitative estimate of drug-likeness (QED) is 0.482. The molecule has 2 aromatic rings. The Morgan fingerprint density at radius 3 is 2.47 bits per heavy atom. The maximum absolute atomic E-state index is 14.1. The van der Waals surface area contributed by atoms with Crippen molar-refractivity contribution in [3.8, 4) is 0 Å². The largest absolute Gasteiger partial charge is 0.359 e. The van der Waals surface area contributed by atoms with Crippen LogP contribution in [0.15, 0.2) is 71.2 Å². The molecular formula is C30H32BrN3O4. The van der Waals surface area contributed by atoms with E-state index in [1.54, 1.807) is 4.90 Å². The van der Waals surface area contributed by atoms with E-state index in [4.69, 9.17) is 4.74 Å². The summed E-state index contributed by atoms with van der Waals surface area (Å²) in [6, 6.07) is 16.6. The molecule has 38 heavy (non-hydrogen) atoms. The van der Waals surface area contributed by atoms with Crippen molar-refractivity contribution in [2.75, 3.05) is 11.9 Å². The SMILES string of the molecule is O=C(Nc1ccc(Br)cc1)[C@@H]1[C@@H]2C=C[C@]3(O2)[C@@H]1C(=O)N(CCc1ccccc1)[C@H]3C(=O)NC1CCCCC1. The molecule has 7 nitrogen and oxygen atoms in total.